The number of pyridine rings is 2. The molecule has 9 nitrogen and oxygen atoms in total. The van der Waals surface area contributed by atoms with Gasteiger partial charge in [-0.2, -0.15) is 4.37 Å². The van der Waals surface area contributed by atoms with Crippen LogP contribution in [0.5, 0.6) is 0 Å². The number of fused-ring (bicyclic) bond motifs is 1. The molecule has 1 aliphatic rings. The maximum atomic E-state index is 14.8. The molecule has 1 saturated heterocycles. The van der Waals surface area contributed by atoms with Gasteiger partial charge in [0.15, 0.2) is 17.3 Å². The van der Waals surface area contributed by atoms with Crippen LogP contribution in [-0.4, -0.2) is 48.9 Å². The van der Waals surface area contributed by atoms with Crippen LogP contribution in [-0.2, 0) is 4.79 Å². The van der Waals surface area contributed by atoms with E-state index in [0.717, 1.165) is 43.1 Å². The van der Waals surface area contributed by atoms with Crippen LogP contribution in [0.3, 0.4) is 0 Å². The number of aromatic nitrogens is 4. The molecule has 0 aromatic carbocycles. The highest BCUT2D eigenvalue weighted by molar-refractivity contribution is 7.08. The highest BCUT2D eigenvalue weighted by Gasteiger charge is 2.34. The lowest BCUT2D eigenvalue weighted by Gasteiger charge is -2.39. The molecule has 3 aromatic rings. The largest absolute Gasteiger partial charge is 0.477 e. The molecule has 0 atom stereocenters. The number of ketones is 1. The van der Waals surface area contributed by atoms with E-state index in [0.29, 0.717) is 24.6 Å². The predicted molar refractivity (Wildman–Crippen MR) is 113 cm³/mol. The molecular formula is C20H20FN5O4S. The van der Waals surface area contributed by atoms with Crippen molar-refractivity contribution in [3.63, 3.8) is 0 Å². The van der Waals surface area contributed by atoms with E-state index in [9.17, 15) is 23.9 Å². The molecule has 0 saturated carbocycles. The van der Waals surface area contributed by atoms with Crippen molar-refractivity contribution >= 4 is 40.1 Å². The summed E-state index contributed by atoms with van der Waals surface area (Å²) < 4.78 is 20.1. The zero-order chi connectivity index (χ0) is 22.1. The van der Waals surface area contributed by atoms with Gasteiger partial charge in [0.1, 0.15) is 17.7 Å². The molecule has 0 bridgehead atoms. The number of carbonyl (C=O) groups is 2. The van der Waals surface area contributed by atoms with Crippen molar-refractivity contribution in [2.75, 3.05) is 18.0 Å². The first kappa shape index (κ1) is 21.0. The highest BCUT2D eigenvalue weighted by Crippen LogP contribution is 2.29. The first-order valence-corrected chi connectivity index (χ1v) is 10.7. The molecular weight excluding hydrogens is 425 g/mol. The SMILES string of the molecule is CCCCCC(=O)C1CN(c2nc3c(cc2F)c(=O)c(C(=O)O)cn3-c2ncns2)C1. The summed E-state index contributed by atoms with van der Waals surface area (Å²) in [6.45, 7) is 2.79. The molecule has 4 rings (SSSR count). The van der Waals surface area contributed by atoms with Crippen molar-refractivity contribution in [2.24, 2.45) is 5.92 Å². The van der Waals surface area contributed by atoms with Gasteiger partial charge in [-0.25, -0.2) is 19.2 Å². The van der Waals surface area contributed by atoms with E-state index in [4.69, 9.17) is 0 Å². The van der Waals surface area contributed by atoms with Crippen molar-refractivity contribution < 1.29 is 19.1 Å². The lowest BCUT2D eigenvalue weighted by Crippen LogP contribution is -2.51. The lowest BCUT2D eigenvalue weighted by atomic mass is 9.92. The second-order valence-electron chi connectivity index (χ2n) is 7.46. The van der Waals surface area contributed by atoms with E-state index >= 15 is 0 Å². The number of aromatic carboxylic acids is 1. The number of rotatable bonds is 8. The Hall–Kier alpha value is -3.21. The first-order valence-electron chi connectivity index (χ1n) is 9.94. The topological polar surface area (TPSA) is 118 Å². The molecule has 0 spiro atoms. The minimum Gasteiger partial charge on any atom is -0.477 e. The third-order valence-electron chi connectivity index (χ3n) is 5.36. The fourth-order valence-electron chi connectivity index (χ4n) is 3.62. The zero-order valence-corrected chi connectivity index (χ0v) is 17.6. The van der Waals surface area contributed by atoms with Crippen molar-refractivity contribution in [2.45, 2.75) is 32.6 Å². The van der Waals surface area contributed by atoms with Gasteiger partial charge in [-0.15, -0.1) is 0 Å². The molecule has 31 heavy (non-hydrogen) atoms. The van der Waals surface area contributed by atoms with Crippen LogP contribution in [0.4, 0.5) is 10.2 Å². The molecule has 3 aromatic heterocycles. The van der Waals surface area contributed by atoms with Crippen LogP contribution in [0.1, 0.15) is 43.0 Å². The maximum Gasteiger partial charge on any atom is 0.341 e. The Morgan fingerprint density at radius 1 is 1.32 bits per heavy atom. The summed E-state index contributed by atoms with van der Waals surface area (Å²) in [5, 5.41) is 9.50. The highest BCUT2D eigenvalue weighted by atomic mass is 32.1. The van der Waals surface area contributed by atoms with E-state index in [1.807, 2.05) is 0 Å². The minimum atomic E-state index is -1.43. The summed E-state index contributed by atoms with van der Waals surface area (Å²) in [4.78, 5) is 46.4. The fraction of sp³-hybridized carbons (Fsp3) is 0.400. The van der Waals surface area contributed by atoms with E-state index in [1.54, 1.807) is 4.90 Å². The lowest BCUT2D eigenvalue weighted by molar-refractivity contribution is -0.123. The quantitative estimate of drug-likeness (QED) is 0.526. The van der Waals surface area contributed by atoms with Crippen molar-refractivity contribution in [1.82, 2.24) is 18.9 Å². The standard InChI is InChI=1S/C20H20FN5O4S/c1-2-3-4-5-15(27)11-7-25(8-11)18-14(21)6-12-16(28)13(19(29)30)9-26(17(12)24-18)20-22-10-23-31-20/h6,9-11H,2-5,7-8H2,1H3,(H,29,30). The fourth-order valence-corrected chi connectivity index (χ4v) is 4.13. The Morgan fingerprint density at radius 2 is 2.10 bits per heavy atom. The third-order valence-corrected chi connectivity index (χ3v) is 6.03. The van der Waals surface area contributed by atoms with E-state index < -0.39 is 22.8 Å². The molecule has 11 heteroatoms. The Labute approximate surface area is 180 Å². The zero-order valence-electron chi connectivity index (χ0n) is 16.7. The molecule has 0 unspecified atom stereocenters. The van der Waals surface area contributed by atoms with Crippen molar-refractivity contribution in [3.05, 3.63) is 40.2 Å². The molecule has 0 amide bonds. The van der Waals surface area contributed by atoms with E-state index in [-0.39, 0.29) is 28.6 Å². The van der Waals surface area contributed by atoms with Gasteiger partial charge in [-0.1, -0.05) is 19.8 Å². The number of unbranched alkanes of at least 4 members (excludes halogenated alkanes) is 2. The molecule has 1 fully saturated rings. The van der Waals surface area contributed by atoms with Crippen LogP contribution in [0.25, 0.3) is 16.2 Å². The Balaban J connectivity index is 1.70. The van der Waals surface area contributed by atoms with Crippen molar-refractivity contribution in [3.8, 4) is 5.13 Å². The minimum absolute atomic E-state index is 0.0193. The number of Topliss-reactive ketones (excluding diaryl/α,β-unsaturated/α-hetero) is 1. The number of hydrogen-bond acceptors (Lipinski definition) is 8. The van der Waals surface area contributed by atoms with Crippen LogP contribution >= 0.6 is 11.5 Å². The summed E-state index contributed by atoms with van der Waals surface area (Å²) in [6.07, 6.45) is 5.83. The summed E-state index contributed by atoms with van der Waals surface area (Å²) in [7, 11) is 0. The van der Waals surface area contributed by atoms with Gasteiger partial charge in [0.2, 0.25) is 10.6 Å². The number of hydrogen-bond donors (Lipinski definition) is 1. The van der Waals surface area contributed by atoms with Gasteiger partial charge in [-0.3, -0.25) is 14.2 Å². The number of carbonyl (C=O) groups excluding carboxylic acids is 1. The predicted octanol–water partition coefficient (Wildman–Crippen LogP) is 2.66. The van der Waals surface area contributed by atoms with Crippen LogP contribution in [0, 0.1) is 11.7 Å². The number of halogens is 1. The van der Waals surface area contributed by atoms with Gasteiger partial charge in [0.25, 0.3) is 0 Å². The maximum absolute atomic E-state index is 14.8. The average Bonchev–Trinajstić information content (AvgIpc) is 3.22. The summed E-state index contributed by atoms with van der Waals surface area (Å²) in [6, 6.07) is 1.00. The summed E-state index contributed by atoms with van der Waals surface area (Å²) in [5.41, 5.74) is -1.26. The number of anilines is 1. The van der Waals surface area contributed by atoms with Gasteiger partial charge in [0.05, 0.1) is 11.3 Å². The second kappa shape index (κ2) is 8.50. The van der Waals surface area contributed by atoms with Gasteiger partial charge >= 0.3 is 5.97 Å². The van der Waals surface area contributed by atoms with E-state index in [1.165, 1.54) is 10.9 Å². The van der Waals surface area contributed by atoms with Crippen LogP contribution in [0.15, 0.2) is 23.4 Å². The normalized spacial score (nSPS) is 14.1. The van der Waals surface area contributed by atoms with Gasteiger partial charge in [0, 0.05) is 37.2 Å². The van der Waals surface area contributed by atoms with Crippen LogP contribution < -0.4 is 10.3 Å². The molecule has 1 N–H and O–H groups in total. The third kappa shape index (κ3) is 3.92. The molecule has 0 radical (unpaired) electrons. The average molecular weight is 445 g/mol. The number of carboxylic acids is 1. The Morgan fingerprint density at radius 3 is 2.74 bits per heavy atom. The van der Waals surface area contributed by atoms with Crippen LogP contribution in [0.2, 0.25) is 0 Å². The molecule has 4 heterocycles. The second-order valence-corrected chi connectivity index (χ2v) is 8.22. The smallest absolute Gasteiger partial charge is 0.341 e. The van der Waals surface area contributed by atoms with Gasteiger partial charge in [-0.05, 0) is 12.5 Å². The first-order chi connectivity index (χ1) is 14.9. The molecule has 162 valence electrons. The Bertz CT molecular complexity index is 1200. The van der Waals surface area contributed by atoms with E-state index in [2.05, 4.69) is 21.3 Å². The molecule has 0 aliphatic carbocycles. The van der Waals surface area contributed by atoms with Crippen molar-refractivity contribution in [1.29, 1.82) is 0 Å². The molecule has 1 aliphatic heterocycles. The number of nitrogens with zero attached hydrogens (tertiary/aromatic N) is 5. The summed E-state index contributed by atoms with van der Waals surface area (Å²) >= 11 is 0.984. The monoisotopic (exact) mass is 445 g/mol. The summed E-state index contributed by atoms with van der Waals surface area (Å²) in [5.74, 6) is -2.14. The number of carboxylic acid groups (broad SMARTS) is 1. The van der Waals surface area contributed by atoms with Gasteiger partial charge < -0.3 is 10.0 Å². The Kier molecular flexibility index (Phi) is 5.77.